The van der Waals surface area contributed by atoms with E-state index in [0.29, 0.717) is 18.1 Å². The first-order valence-electron chi connectivity index (χ1n) is 7.30. The van der Waals surface area contributed by atoms with E-state index in [1.807, 2.05) is 0 Å². The highest BCUT2D eigenvalue weighted by atomic mass is 16.6. The summed E-state index contributed by atoms with van der Waals surface area (Å²) in [6.07, 6.45) is 4.34. The number of anilines is 1. The number of nitro benzene ring substituents is 1. The minimum Gasteiger partial charge on any atom is -0.405 e. The Bertz CT molecular complexity index is 762. The third kappa shape index (κ3) is 3.82. The zero-order chi connectivity index (χ0) is 16.9. The molecule has 124 valence electrons. The van der Waals surface area contributed by atoms with Crippen LogP contribution in [0.5, 0.6) is 0 Å². The number of nitro groups is 1. The van der Waals surface area contributed by atoms with Crippen LogP contribution in [0.2, 0.25) is 0 Å². The van der Waals surface area contributed by atoms with Crippen LogP contribution in [-0.2, 0) is 9.53 Å². The van der Waals surface area contributed by atoms with Crippen LogP contribution in [0.15, 0.2) is 34.8 Å². The highest BCUT2D eigenvalue weighted by molar-refractivity contribution is 6.00. The third-order valence-corrected chi connectivity index (χ3v) is 3.41. The number of amides is 1. The molecule has 0 saturated carbocycles. The van der Waals surface area contributed by atoms with E-state index in [1.54, 1.807) is 12.1 Å². The topological polar surface area (TPSA) is 120 Å². The molecular weight excluding hydrogens is 316 g/mol. The summed E-state index contributed by atoms with van der Waals surface area (Å²) in [5.74, 6) is -0.0990. The highest BCUT2D eigenvalue weighted by Gasteiger charge is 2.23. The molecule has 9 heteroatoms. The van der Waals surface area contributed by atoms with E-state index in [9.17, 15) is 14.9 Å². The van der Waals surface area contributed by atoms with Crippen molar-refractivity contribution in [1.29, 1.82) is 0 Å². The Hall–Kier alpha value is -3.07. The Morgan fingerprint density at radius 1 is 1.33 bits per heavy atom. The van der Waals surface area contributed by atoms with Crippen molar-refractivity contribution in [2.45, 2.75) is 18.9 Å². The molecule has 0 radical (unpaired) electrons. The molecule has 1 unspecified atom stereocenters. The molecule has 24 heavy (non-hydrogen) atoms. The van der Waals surface area contributed by atoms with Gasteiger partial charge in [0.25, 0.3) is 11.6 Å². The molecule has 1 aliphatic rings. The van der Waals surface area contributed by atoms with Crippen LogP contribution in [0.25, 0.3) is 6.08 Å². The molecule has 1 N–H and O–H groups in total. The summed E-state index contributed by atoms with van der Waals surface area (Å²) in [6.45, 7) is 0.659. The Morgan fingerprint density at radius 3 is 2.79 bits per heavy atom. The van der Waals surface area contributed by atoms with E-state index in [2.05, 4.69) is 15.5 Å². The van der Waals surface area contributed by atoms with Gasteiger partial charge in [-0.25, -0.2) is 0 Å². The second-order valence-corrected chi connectivity index (χ2v) is 5.12. The second-order valence-electron chi connectivity index (χ2n) is 5.12. The molecular formula is C15H14N4O5. The van der Waals surface area contributed by atoms with Gasteiger partial charge in [-0.3, -0.25) is 20.2 Å². The smallest absolute Gasteiger partial charge is 0.322 e. The summed E-state index contributed by atoms with van der Waals surface area (Å²) in [5, 5.41) is 20.6. The van der Waals surface area contributed by atoms with Crippen LogP contribution in [0.3, 0.4) is 0 Å². The van der Waals surface area contributed by atoms with Crippen molar-refractivity contribution in [2.75, 3.05) is 11.9 Å². The number of carbonyl (C=O) groups is 1. The van der Waals surface area contributed by atoms with Crippen LogP contribution >= 0.6 is 0 Å². The number of hydrogen-bond donors (Lipinski definition) is 1. The van der Waals surface area contributed by atoms with Gasteiger partial charge in [0.05, 0.1) is 4.92 Å². The standard InChI is InChI=1S/C15H14N4O5/c20-13(8-5-10-3-6-11(7-4-10)19(21)22)16-15-18-17-14(24-15)12-2-1-9-23-12/h3-8,12H,1-2,9H2,(H,16,18,20)/b8-5-. The first kappa shape index (κ1) is 15.8. The van der Waals surface area contributed by atoms with Crippen molar-refractivity contribution in [3.63, 3.8) is 0 Å². The number of benzene rings is 1. The van der Waals surface area contributed by atoms with Gasteiger partial charge in [0, 0.05) is 24.8 Å². The number of aromatic nitrogens is 2. The largest absolute Gasteiger partial charge is 0.405 e. The van der Waals surface area contributed by atoms with Crippen molar-refractivity contribution in [2.24, 2.45) is 0 Å². The molecule has 0 aliphatic carbocycles. The lowest BCUT2D eigenvalue weighted by Gasteiger charge is -2.01. The minimum atomic E-state index is -0.485. The van der Waals surface area contributed by atoms with E-state index in [-0.39, 0.29) is 17.8 Å². The molecule has 1 amide bonds. The van der Waals surface area contributed by atoms with E-state index in [4.69, 9.17) is 9.15 Å². The number of non-ortho nitro benzene ring substituents is 1. The molecule has 2 heterocycles. The summed E-state index contributed by atoms with van der Waals surface area (Å²) in [6, 6.07) is 5.82. The van der Waals surface area contributed by atoms with Crippen molar-refractivity contribution in [3.05, 3.63) is 51.9 Å². The van der Waals surface area contributed by atoms with Gasteiger partial charge in [0.1, 0.15) is 6.10 Å². The maximum absolute atomic E-state index is 11.8. The fourth-order valence-electron chi connectivity index (χ4n) is 2.21. The first-order valence-corrected chi connectivity index (χ1v) is 7.30. The van der Waals surface area contributed by atoms with Crippen LogP contribution in [-0.4, -0.2) is 27.6 Å². The molecule has 1 fully saturated rings. The van der Waals surface area contributed by atoms with Gasteiger partial charge in [-0.2, -0.15) is 0 Å². The Morgan fingerprint density at radius 2 is 2.12 bits per heavy atom. The van der Waals surface area contributed by atoms with Gasteiger partial charge in [0.2, 0.25) is 5.89 Å². The summed E-state index contributed by atoms with van der Waals surface area (Å²) in [5.41, 5.74) is 0.644. The average molecular weight is 330 g/mol. The highest BCUT2D eigenvalue weighted by Crippen LogP contribution is 2.28. The predicted octanol–water partition coefficient (Wildman–Crippen LogP) is 2.48. The summed E-state index contributed by atoms with van der Waals surface area (Å²) in [4.78, 5) is 21.9. The van der Waals surface area contributed by atoms with Crippen LogP contribution in [0.4, 0.5) is 11.7 Å². The van der Waals surface area contributed by atoms with E-state index < -0.39 is 10.8 Å². The third-order valence-electron chi connectivity index (χ3n) is 3.41. The molecule has 0 spiro atoms. The van der Waals surface area contributed by atoms with Crippen molar-refractivity contribution in [3.8, 4) is 0 Å². The number of ether oxygens (including phenoxy) is 1. The Kier molecular flexibility index (Phi) is 4.62. The molecule has 1 atom stereocenters. The number of nitrogens with zero attached hydrogens (tertiary/aromatic N) is 3. The lowest BCUT2D eigenvalue weighted by molar-refractivity contribution is -0.384. The average Bonchev–Trinajstić information content (AvgIpc) is 3.24. The molecule has 2 aromatic rings. The zero-order valence-corrected chi connectivity index (χ0v) is 12.5. The molecule has 1 aromatic heterocycles. The Balaban J connectivity index is 1.57. The molecule has 9 nitrogen and oxygen atoms in total. The fraction of sp³-hybridized carbons (Fsp3) is 0.267. The first-order chi connectivity index (χ1) is 11.6. The second kappa shape index (κ2) is 7.01. The normalized spacial score (nSPS) is 17.2. The van der Waals surface area contributed by atoms with Gasteiger partial charge in [-0.15, -0.1) is 5.10 Å². The molecule has 1 saturated heterocycles. The maximum Gasteiger partial charge on any atom is 0.322 e. The molecule has 0 bridgehead atoms. The summed E-state index contributed by atoms with van der Waals surface area (Å²) < 4.78 is 10.8. The van der Waals surface area contributed by atoms with E-state index >= 15 is 0 Å². The zero-order valence-electron chi connectivity index (χ0n) is 12.5. The number of nitrogens with one attached hydrogen (secondary N) is 1. The van der Waals surface area contributed by atoms with Crippen molar-refractivity contribution >= 4 is 23.7 Å². The van der Waals surface area contributed by atoms with Crippen LogP contribution in [0, 0.1) is 10.1 Å². The SMILES string of the molecule is O=C(/C=C\c1ccc([N+](=O)[O-])cc1)Nc1nnc(C2CCCO2)o1. The number of carbonyl (C=O) groups excluding carboxylic acids is 1. The van der Waals surface area contributed by atoms with Gasteiger partial charge >= 0.3 is 6.01 Å². The lowest BCUT2D eigenvalue weighted by atomic mass is 10.2. The summed E-state index contributed by atoms with van der Waals surface area (Å²) >= 11 is 0. The number of rotatable bonds is 5. The summed E-state index contributed by atoms with van der Waals surface area (Å²) in [7, 11) is 0. The van der Waals surface area contributed by atoms with Gasteiger partial charge in [0.15, 0.2) is 0 Å². The fourth-order valence-corrected chi connectivity index (χ4v) is 2.21. The molecule has 1 aliphatic heterocycles. The van der Waals surface area contributed by atoms with E-state index in [0.717, 1.165) is 12.8 Å². The van der Waals surface area contributed by atoms with Gasteiger partial charge in [-0.1, -0.05) is 5.10 Å². The van der Waals surface area contributed by atoms with E-state index in [1.165, 1.54) is 24.3 Å². The molecule has 1 aromatic carbocycles. The minimum absolute atomic E-state index is 0.00107. The van der Waals surface area contributed by atoms with Crippen LogP contribution < -0.4 is 5.32 Å². The Labute approximate surface area is 136 Å². The van der Waals surface area contributed by atoms with Crippen molar-refractivity contribution < 1.29 is 18.9 Å². The predicted molar refractivity (Wildman–Crippen MR) is 83.0 cm³/mol. The van der Waals surface area contributed by atoms with Crippen molar-refractivity contribution in [1.82, 2.24) is 10.2 Å². The molecule has 3 rings (SSSR count). The lowest BCUT2D eigenvalue weighted by Crippen LogP contribution is -2.07. The van der Waals surface area contributed by atoms with Gasteiger partial charge < -0.3 is 9.15 Å². The number of hydrogen-bond acceptors (Lipinski definition) is 7. The quantitative estimate of drug-likeness (QED) is 0.508. The van der Waals surface area contributed by atoms with Gasteiger partial charge in [-0.05, 0) is 36.6 Å². The van der Waals surface area contributed by atoms with Crippen LogP contribution in [0.1, 0.15) is 30.4 Å². The monoisotopic (exact) mass is 330 g/mol. The maximum atomic E-state index is 11.8.